The van der Waals surface area contributed by atoms with Gasteiger partial charge < -0.3 is 14.2 Å². The van der Waals surface area contributed by atoms with E-state index in [0.717, 1.165) is 141 Å². The van der Waals surface area contributed by atoms with E-state index >= 15 is 0 Å². The van der Waals surface area contributed by atoms with Gasteiger partial charge in [0, 0.05) is 19.3 Å². The Morgan fingerprint density at radius 2 is 0.500 bits per heavy atom. The molecule has 6 heteroatoms. The molecule has 0 fully saturated rings. The van der Waals surface area contributed by atoms with Crippen molar-refractivity contribution in [2.45, 2.75) is 303 Å². The second-order valence-electron chi connectivity index (χ2n) is 21.3. The molecule has 0 aliphatic rings. The largest absolute Gasteiger partial charge is 0.462 e. The van der Waals surface area contributed by atoms with Gasteiger partial charge in [-0.05, 0) is 109 Å². The Morgan fingerprint density at radius 1 is 0.269 bits per heavy atom. The molecule has 0 N–H and O–H groups in total. The minimum Gasteiger partial charge on any atom is -0.462 e. The monoisotopic (exact) mass is 1080 g/mol. The molecule has 1 atom stereocenters. The molecular formula is C72H120O6. The quantitative estimate of drug-likeness (QED) is 0.0261. The number of carbonyl (C=O) groups excluding carboxylic acids is 3. The first-order valence-corrected chi connectivity index (χ1v) is 32.5. The van der Waals surface area contributed by atoms with Crippen molar-refractivity contribution >= 4 is 17.9 Å². The third-order valence-corrected chi connectivity index (χ3v) is 13.7. The lowest BCUT2D eigenvalue weighted by atomic mass is 10.0. The molecule has 0 aliphatic heterocycles. The van der Waals surface area contributed by atoms with Gasteiger partial charge in [-0.1, -0.05) is 290 Å². The van der Waals surface area contributed by atoms with Crippen LogP contribution in [0.2, 0.25) is 0 Å². The van der Waals surface area contributed by atoms with Crippen LogP contribution in [0.4, 0.5) is 0 Å². The standard InChI is InChI=1S/C72H120O6/c1-4-7-10-13-16-19-22-25-28-31-33-35-36-38-39-41-44-47-50-53-56-59-62-65-71(74)77-68-69(67-76-70(73)64-61-58-55-52-49-46-43-30-27-24-21-18-15-12-9-6-3)78-72(75)66-63-60-57-54-51-48-45-42-40-37-34-32-29-26-23-20-17-14-11-8-5-2/h7-8,10-11,16-17,19-20,25-26,28-29,33-35,37-39,44,47,69H,4-6,9,12-15,18,21-24,27,30-32,36,40-43,45-46,48-68H2,1-3H3/b10-7-,11-8-,19-16-,20-17-,28-25-,29-26-,35-33-,37-34-,39-38-,47-44-. The van der Waals surface area contributed by atoms with E-state index in [-0.39, 0.29) is 31.1 Å². The van der Waals surface area contributed by atoms with Gasteiger partial charge in [0.1, 0.15) is 13.2 Å². The Morgan fingerprint density at radius 3 is 0.782 bits per heavy atom. The van der Waals surface area contributed by atoms with Crippen LogP contribution in [0.25, 0.3) is 0 Å². The molecule has 0 aromatic heterocycles. The molecule has 0 bridgehead atoms. The van der Waals surface area contributed by atoms with E-state index in [4.69, 9.17) is 14.2 Å². The van der Waals surface area contributed by atoms with Crippen LogP contribution in [0.3, 0.4) is 0 Å². The maximum absolute atomic E-state index is 12.9. The highest BCUT2D eigenvalue weighted by atomic mass is 16.6. The van der Waals surface area contributed by atoms with Gasteiger partial charge in [-0.3, -0.25) is 14.4 Å². The first-order chi connectivity index (χ1) is 38.5. The molecule has 6 nitrogen and oxygen atoms in total. The Labute approximate surface area is 482 Å². The number of allylic oxidation sites excluding steroid dienone is 20. The molecule has 0 amide bonds. The molecule has 0 saturated heterocycles. The average Bonchev–Trinajstić information content (AvgIpc) is 3.44. The van der Waals surface area contributed by atoms with Gasteiger partial charge in [-0.15, -0.1) is 0 Å². The number of hydrogen-bond donors (Lipinski definition) is 0. The summed E-state index contributed by atoms with van der Waals surface area (Å²) in [5.74, 6) is -0.915. The Balaban J connectivity index is 4.45. The topological polar surface area (TPSA) is 78.9 Å². The maximum Gasteiger partial charge on any atom is 0.306 e. The highest BCUT2D eigenvalue weighted by Gasteiger charge is 2.19. The molecule has 0 aromatic rings. The smallest absolute Gasteiger partial charge is 0.306 e. The number of rotatable bonds is 58. The molecule has 0 spiro atoms. The molecule has 1 unspecified atom stereocenters. The number of carbonyl (C=O) groups is 3. The van der Waals surface area contributed by atoms with Crippen LogP contribution in [0, 0.1) is 0 Å². The van der Waals surface area contributed by atoms with Crippen LogP contribution >= 0.6 is 0 Å². The molecule has 0 heterocycles. The van der Waals surface area contributed by atoms with Crippen molar-refractivity contribution in [1.29, 1.82) is 0 Å². The summed E-state index contributed by atoms with van der Waals surface area (Å²) in [5.41, 5.74) is 0. The maximum atomic E-state index is 12.9. The minimum atomic E-state index is -0.797. The van der Waals surface area contributed by atoms with Crippen LogP contribution < -0.4 is 0 Å². The van der Waals surface area contributed by atoms with Gasteiger partial charge in [0.05, 0.1) is 0 Å². The summed E-state index contributed by atoms with van der Waals surface area (Å²) in [6.07, 6.45) is 90.5. The van der Waals surface area contributed by atoms with Crippen molar-refractivity contribution in [3.05, 3.63) is 122 Å². The van der Waals surface area contributed by atoms with Gasteiger partial charge in [0.2, 0.25) is 0 Å². The predicted octanol–water partition coefficient (Wildman–Crippen LogP) is 22.4. The van der Waals surface area contributed by atoms with Crippen molar-refractivity contribution in [1.82, 2.24) is 0 Å². The third-order valence-electron chi connectivity index (χ3n) is 13.7. The predicted molar refractivity (Wildman–Crippen MR) is 339 cm³/mol. The third kappa shape index (κ3) is 62.7. The fraction of sp³-hybridized carbons (Fsp3) is 0.681. The van der Waals surface area contributed by atoms with E-state index < -0.39 is 6.10 Å². The van der Waals surface area contributed by atoms with Gasteiger partial charge in [-0.25, -0.2) is 0 Å². The summed E-state index contributed by atoms with van der Waals surface area (Å²) >= 11 is 0. The van der Waals surface area contributed by atoms with Gasteiger partial charge in [0.25, 0.3) is 0 Å². The van der Waals surface area contributed by atoms with Crippen LogP contribution in [0.15, 0.2) is 122 Å². The van der Waals surface area contributed by atoms with E-state index in [9.17, 15) is 14.4 Å². The van der Waals surface area contributed by atoms with Crippen LogP contribution in [-0.2, 0) is 28.6 Å². The average molecular weight is 1080 g/mol. The molecule has 444 valence electrons. The molecule has 0 aliphatic carbocycles. The van der Waals surface area contributed by atoms with E-state index in [1.165, 1.54) is 116 Å². The summed E-state index contributed by atoms with van der Waals surface area (Å²) in [6.45, 7) is 6.41. The molecule has 0 aromatic carbocycles. The number of esters is 3. The van der Waals surface area contributed by atoms with Crippen LogP contribution in [0.1, 0.15) is 297 Å². The summed E-state index contributed by atoms with van der Waals surface area (Å²) < 4.78 is 16.9. The summed E-state index contributed by atoms with van der Waals surface area (Å²) in [6, 6.07) is 0. The lowest BCUT2D eigenvalue weighted by Gasteiger charge is -2.18. The minimum absolute atomic E-state index is 0.0897. The lowest BCUT2D eigenvalue weighted by Crippen LogP contribution is -2.30. The van der Waals surface area contributed by atoms with E-state index in [0.29, 0.717) is 19.3 Å². The van der Waals surface area contributed by atoms with Gasteiger partial charge in [0.15, 0.2) is 6.10 Å². The van der Waals surface area contributed by atoms with Gasteiger partial charge in [-0.2, -0.15) is 0 Å². The second kappa shape index (κ2) is 65.3. The second-order valence-corrected chi connectivity index (χ2v) is 21.3. The highest BCUT2D eigenvalue weighted by molar-refractivity contribution is 5.71. The highest BCUT2D eigenvalue weighted by Crippen LogP contribution is 2.16. The van der Waals surface area contributed by atoms with E-state index in [1.807, 2.05) is 0 Å². The van der Waals surface area contributed by atoms with Crippen molar-refractivity contribution in [2.24, 2.45) is 0 Å². The van der Waals surface area contributed by atoms with Crippen molar-refractivity contribution in [3.8, 4) is 0 Å². The Kier molecular flexibility index (Phi) is 61.8. The molecular weight excluding hydrogens is 961 g/mol. The molecule has 0 saturated carbocycles. The fourth-order valence-electron chi connectivity index (χ4n) is 8.91. The first kappa shape index (κ1) is 73.8. The molecule has 0 radical (unpaired) electrons. The zero-order valence-corrected chi connectivity index (χ0v) is 50.9. The van der Waals surface area contributed by atoms with Crippen molar-refractivity contribution in [2.75, 3.05) is 13.2 Å². The van der Waals surface area contributed by atoms with Crippen LogP contribution in [0.5, 0.6) is 0 Å². The van der Waals surface area contributed by atoms with Gasteiger partial charge >= 0.3 is 17.9 Å². The zero-order chi connectivity index (χ0) is 56.4. The summed E-state index contributed by atoms with van der Waals surface area (Å²) in [5, 5.41) is 0. The van der Waals surface area contributed by atoms with Crippen molar-refractivity contribution in [3.63, 3.8) is 0 Å². The fourth-order valence-corrected chi connectivity index (χ4v) is 8.91. The van der Waals surface area contributed by atoms with E-state index in [1.54, 1.807) is 0 Å². The Hall–Kier alpha value is -4.19. The number of unbranched alkanes of at least 4 members (excludes halogenated alkanes) is 27. The lowest BCUT2D eigenvalue weighted by molar-refractivity contribution is -0.167. The summed E-state index contributed by atoms with van der Waals surface area (Å²) in [7, 11) is 0. The molecule has 78 heavy (non-hydrogen) atoms. The zero-order valence-electron chi connectivity index (χ0n) is 50.9. The van der Waals surface area contributed by atoms with E-state index in [2.05, 4.69) is 142 Å². The Bertz CT molecular complexity index is 1620. The van der Waals surface area contributed by atoms with Crippen LogP contribution in [-0.4, -0.2) is 37.2 Å². The number of ether oxygens (including phenoxy) is 3. The summed E-state index contributed by atoms with van der Waals surface area (Å²) in [4.78, 5) is 38.4. The first-order valence-electron chi connectivity index (χ1n) is 32.5. The number of hydrogen-bond acceptors (Lipinski definition) is 6. The van der Waals surface area contributed by atoms with Crippen molar-refractivity contribution < 1.29 is 28.6 Å². The molecule has 0 rings (SSSR count). The normalized spacial score (nSPS) is 12.9. The SMILES string of the molecule is CC/C=C\C/C=C\C/C=C\C/C=C\C/C=C\C/C=C\CCCCCCC(=O)OCC(COC(=O)CCCCCCCCCCCCCCCCCC)OC(=O)CCCCCCCCCC/C=C\C/C=C\C/C=C\C/C=C\CC.